The van der Waals surface area contributed by atoms with Crippen molar-refractivity contribution in [1.82, 2.24) is 19.6 Å². The smallest absolute Gasteiger partial charge is 0.339 e. The lowest BCUT2D eigenvalue weighted by Crippen LogP contribution is -2.19. The summed E-state index contributed by atoms with van der Waals surface area (Å²) in [7, 11) is 1.52. The zero-order valence-corrected chi connectivity index (χ0v) is 12.2. The van der Waals surface area contributed by atoms with Gasteiger partial charge >= 0.3 is 5.97 Å². The number of carbonyl (C=O) groups excluding carboxylic acids is 1. The molecule has 0 atom stereocenters. The van der Waals surface area contributed by atoms with Crippen molar-refractivity contribution in [1.29, 1.82) is 0 Å². The van der Waals surface area contributed by atoms with Crippen LogP contribution in [-0.2, 0) is 7.05 Å². The summed E-state index contributed by atoms with van der Waals surface area (Å²) in [6.07, 6.45) is 4.63. The Labute approximate surface area is 131 Å². The summed E-state index contributed by atoms with van der Waals surface area (Å²) in [5, 5.41) is 19.7. The highest BCUT2D eigenvalue weighted by Crippen LogP contribution is 2.15. The Morgan fingerprint density at radius 1 is 1.17 bits per heavy atom. The van der Waals surface area contributed by atoms with E-state index in [0.29, 0.717) is 5.69 Å². The minimum absolute atomic E-state index is 0.00588. The predicted molar refractivity (Wildman–Crippen MR) is 81.7 cm³/mol. The molecule has 3 aromatic rings. The van der Waals surface area contributed by atoms with Gasteiger partial charge in [-0.15, -0.1) is 0 Å². The molecule has 0 saturated heterocycles. The number of aromatic carboxylic acids is 1. The van der Waals surface area contributed by atoms with Gasteiger partial charge in [-0.05, 0) is 30.3 Å². The summed E-state index contributed by atoms with van der Waals surface area (Å²) in [4.78, 5) is 23.4. The first-order valence-electron chi connectivity index (χ1n) is 6.73. The van der Waals surface area contributed by atoms with Crippen LogP contribution in [0.3, 0.4) is 0 Å². The quantitative estimate of drug-likeness (QED) is 0.761. The Kier molecular flexibility index (Phi) is 3.63. The molecule has 8 nitrogen and oxygen atoms in total. The van der Waals surface area contributed by atoms with Crippen LogP contribution in [0.25, 0.3) is 5.69 Å². The largest absolute Gasteiger partial charge is 0.478 e. The van der Waals surface area contributed by atoms with Gasteiger partial charge < -0.3 is 10.4 Å². The molecular formula is C15H13N5O3. The van der Waals surface area contributed by atoms with Crippen molar-refractivity contribution in [3.05, 3.63) is 60.2 Å². The Bertz CT molecular complexity index is 850. The maximum absolute atomic E-state index is 12.3. The molecule has 0 fully saturated rings. The lowest BCUT2D eigenvalue weighted by molar-refractivity contribution is 0.0692. The number of carboxylic acids is 1. The highest BCUT2D eigenvalue weighted by molar-refractivity contribution is 6.09. The van der Waals surface area contributed by atoms with Crippen LogP contribution < -0.4 is 5.32 Å². The average Bonchev–Trinajstić information content (AvgIpc) is 3.17. The van der Waals surface area contributed by atoms with Crippen molar-refractivity contribution in [2.45, 2.75) is 0 Å². The topological polar surface area (TPSA) is 102 Å². The van der Waals surface area contributed by atoms with E-state index in [2.05, 4.69) is 15.5 Å². The summed E-state index contributed by atoms with van der Waals surface area (Å²) >= 11 is 0. The summed E-state index contributed by atoms with van der Waals surface area (Å²) in [5.41, 5.74) is 1.25. The van der Waals surface area contributed by atoms with Gasteiger partial charge in [-0.3, -0.25) is 9.48 Å². The average molecular weight is 311 g/mol. The van der Waals surface area contributed by atoms with Crippen LogP contribution in [0.2, 0.25) is 0 Å². The third-order valence-electron chi connectivity index (χ3n) is 3.28. The van der Waals surface area contributed by atoms with Crippen LogP contribution in [-0.4, -0.2) is 36.5 Å². The molecule has 0 aliphatic carbocycles. The maximum atomic E-state index is 12.3. The Hall–Kier alpha value is -3.42. The summed E-state index contributed by atoms with van der Waals surface area (Å²) in [5.74, 6) is -1.73. The van der Waals surface area contributed by atoms with Crippen LogP contribution in [0, 0.1) is 0 Å². The van der Waals surface area contributed by atoms with Crippen molar-refractivity contribution in [2.24, 2.45) is 7.05 Å². The number of aryl methyl sites for hydroxylation is 1. The fourth-order valence-electron chi connectivity index (χ4n) is 2.17. The summed E-state index contributed by atoms with van der Waals surface area (Å²) < 4.78 is 2.92. The number of carbonyl (C=O) groups is 2. The normalized spacial score (nSPS) is 10.5. The number of anilines is 1. The van der Waals surface area contributed by atoms with Crippen LogP contribution in [0.4, 0.5) is 5.69 Å². The fourth-order valence-corrected chi connectivity index (χ4v) is 2.17. The van der Waals surface area contributed by atoms with E-state index in [1.807, 2.05) is 12.3 Å². The van der Waals surface area contributed by atoms with Crippen LogP contribution in [0.1, 0.15) is 20.8 Å². The molecule has 1 aromatic carbocycles. The number of aromatic nitrogens is 4. The van der Waals surface area contributed by atoms with Crippen LogP contribution in [0.5, 0.6) is 0 Å². The minimum Gasteiger partial charge on any atom is -0.478 e. The van der Waals surface area contributed by atoms with E-state index in [9.17, 15) is 9.59 Å². The summed E-state index contributed by atoms with van der Waals surface area (Å²) in [6, 6.07) is 8.83. The molecule has 0 unspecified atom stereocenters. The van der Waals surface area contributed by atoms with Crippen LogP contribution in [0.15, 0.2) is 48.9 Å². The van der Waals surface area contributed by atoms with Crippen molar-refractivity contribution < 1.29 is 14.7 Å². The molecule has 2 heterocycles. The first-order valence-corrected chi connectivity index (χ1v) is 6.73. The number of hydrogen-bond donors (Lipinski definition) is 2. The van der Waals surface area contributed by atoms with Gasteiger partial charge in [0.05, 0.1) is 11.9 Å². The number of hydrogen-bond acceptors (Lipinski definition) is 4. The molecule has 0 aliphatic rings. The first kappa shape index (κ1) is 14.5. The second kappa shape index (κ2) is 5.76. The third kappa shape index (κ3) is 2.82. The molecule has 0 bridgehead atoms. The van der Waals surface area contributed by atoms with Crippen LogP contribution >= 0.6 is 0 Å². The van der Waals surface area contributed by atoms with Gasteiger partial charge in [-0.2, -0.15) is 10.2 Å². The van der Waals surface area contributed by atoms with E-state index in [-0.39, 0.29) is 11.3 Å². The SMILES string of the molecule is Cn1ncc(C(=O)O)c1C(=O)Nc1ccc(-n2cccn2)cc1. The highest BCUT2D eigenvalue weighted by atomic mass is 16.4. The van der Waals surface area contributed by atoms with E-state index in [1.54, 1.807) is 35.1 Å². The van der Waals surface area contributed by atoms with Gasteiger partial charge in [-0.1, -0.05) is 0 Å². The van der Waals surface area contributed by atoms with Gasteiger partial charge in [-0.25, -0.2) is 9.48 Å². The number of amides is 1. The van der Waals surface area contributed by atoms with Gasteiger partial charge in [0.2, 0.25) is 0 Å². The van der Waals surface area contributed by atoms with E-state index in [4.69, 9.17) is 5.11 Å². The second-order valence-electron chi connectivity index (χ2n) is 4.79. The Morgan fingerprint density at radius 2 is 1.91 bits per heavy atom. The van der Waals surface area contributed by atoms with Crippen molar-refractivity contribution in [3.63, 3.8) is 0 Å². The molecule has 2 aromatic heterocycles. The van der Waals surface area contributed by atoms with E-state index in [0.717, 1.165) is 11.9 Å². The zero-order valence-electron chi connectivity index (χ0n) is 12.2. The zero-order chi connectivity index (χ0) is 16.4. The predicted octanol–water partition coefficient (Wildman–Crippen LogP) is 1.56. The molecule has 0 radical (unpaired) electrons. The minimum atomic E-state index is -1.20. The number of benzene rings is 1. The van der Waals surface area contributed by atoms with Gasteiger partial charge in [0.15, 0.2) is 0 Å². The second-order valence-corrected chi connectivity index (χ2v) is 4.79. The van der Waals surface area contributed by atoms with Gasteiger partial charge in [0.1, 0.15) is 11.3 Å². The van der Waals surface area contributed by atoms with Crippen molar-refractivity contribution in [3.8, 4) is 5.69 Å². The van der Waals surface area contributed by atoms with Crippen molar-refractivity contribution >= 4 is 17.6 Å². The number of rotatable bonds is 4. The van der Waals surface area contributed by atoms with Gasteiger partial charge in [0.25, 0.3) is 5.91 Å². The fraction of sp³-hybridized carbons (Fsp3) is 0.0667. The summed E-state index contributed by atoms with van der Waals surface area (Å²) in [6.45, 7) is 0. The molecule has 0 saturated carbocycles. The van der Waals surface area contributed by atoms with E-state index in [1.165, 1.54) is 11.7 Å². The number of carboxylic acid groups (broad SMARTS) is 1. The Morgan fingerprint density at radius 3 is 2.52 bits per heavy atom. The number of nitrogens with zero attached hydrogens (tertiary/aromatic N) is 4. The molecule has 8 heteroatoms. The molecule has 2 N–H and O–H groups in total. The lowest BCUT2D eigenvalue weighted by Gasteiger charge is -2.08. The third-order valence-corrected chi connectivity index (χ3v) is 3.28. The van der Waals surface area contributed by atoms with E-state index >= 15 is 0 Å². The molecule has 0 aliphatic heterocycles. The molecular weight excluding hydrogens is 298 g/mol. The molecule has 1 amide bonds. The molecule has 0 spiro atoms. The van der Waals surface area contributed by atoms with E-state index < -0.39 is 11.9 Å². The molecule has 116 valence electrons. The number of nitrogens with one attached hydrogen (secondary N) is 1. The standard InChI is InChI=1S/C15H13N5O3/c1-19-13(12(9-17-19)15(22)23)14(21)18-10-3-5-11(6-4-10)20-8-2-7-16-20/h2-9H,1H3,(H,18,21)(H,22,23). The maximum Gasteiger partial charge on any atom is 0.339 e. The van der Waals surface area contributed by atoms with Gasteiger partial charge in [0, 0.05) is 25.1 Å². The highest BCUT2D eigenvalue weighted by Gasteiger charge is 2.21. The molecule has 3 rings (SSSR count). The lowest BCUT2D eigenvalue weighted by atomic mass is 10.2. The Balaban J connectivity index is 1.81. The monoisotopic (exact) mass is 311 g/mol. The first-order chi connectivity index (χ1) is 11.1. The van der Waals surface area contributed by atoms with Crippen molar-refractivity contribution in [2.75, 3.05) is 5.32 Å². The molecule has 23 heavy (non-hydrogen) atoms.